The van der Waals surface area contributed by atoms with Crippen LogP contribution in [0.15, 0.2) is 18.2 Å². The van der Waals surface area contributed by atoms with E-state index in [0.29, 0.717) is 29.4 Å². The zero-order valence-electron chi connectivity index (χ0n) is 14.1. The summed E-state index contributed by atoms with van der Waals surface area (Å²) in [5, 5.41) is 5.87. The smallest absolute Gasteiger partial charge is 0.319 e. The number of amides is 3. The van der Waals surface area contributed by atoms with Crippen molar-refractivity contribution in [2.75, 3.05) is 18.4 Å². The molecule has 0 radical (unpaired) electrons. The number of likely N-dealkylation sites (tertiary alicyclic amines) is 1. The summed E-state index contributed by atoms with van der Waals surface area (Å²) < 4.78 is 0. The Morgan fingerprint density at radius 3 is 2.54 bits per heavy atom. The van der Waals surface area contributed by atoms with Gasteiger partial charge in [-0.1, -0.05) is 11.6 Å². The molecular formula is C16H24Cl2N4O2. The van der Waals surface area contributed by atoms with Gasteiger partial charge in [0, 0.05) is 30.4 Å². The lowest BCUT2D eigenvalue weighted by Crippen LogP contribution is -2.43. The number of hydrogen-bond donors (Lipinski definition) is 3. The fraction of sp³-hybridized carbons (Fsp3) is 0.500. The van der Waals surface area contributed by atoms with Crippen molar-refractivity contribution in [3.8, 4) is 0 Å². The van der Waals surface area contributed by atoms with Gasteiger partial charge in [-0.15, -0.1) is 12.4 Å². The lowest BCUT2D eigenvalue weighted by Gasteiger charge is -2.21. The van der Waals surface area contributed by atoms with E-state index < -0.39 is 0 Å². The van der Waals surface area contributed by atoms with Crippen LogP contribution in [0.1, 0.15) is 37.6 Å². The lowest BCUT2D eigenvalue weighted by molar-refractivity contribution is 0.0791. The summed E-state index contributed by atoms with van der Waals surface area (Å²) >= 11 is 6.14. The summed E-state index contributed by atoms with van der Waals surface area (Å²) in [6.45, 7) is 6.82. The Hall–Kier alpha value is -1.50. The predicted octanol–water partition coefficient (Wildman–Crippen LogP) is 2.86. The average Bonchev–Trinajstić information content (AvgIpc) is 2.84. The Morgan fingerprint density at radius 1 is 1.33 bits per heavy atom. The van der Waals surface area contributed by atoms with Crippen LogP contribution in [0.3, 0.4) is 0 Å². The molecule has 1 fully saturated rings. The van der Waals surface area contributed by atoms with Crippen LogP contribution in [0, 0.1) is 0 Å². The highest BCUT2D eigenvalue weighted by Crippen LogP contribution is 2.23. The number of carbonyl (C=O) groups is 2. The minimum absolute atomic E-state index is 0. The lowest BCUT2D eigenvalue weighted by atomic mass is 10.1. The number of nitrogens with zero attached hydrogens (tertiary/aromatic N) is 1. The SMILES string of the molecule is CC(C)(C)NC(=O)Nc1ccc(Cl)c(C(=O)N2CC[C@@H](N)C2)c1.Cl. The van der Waals surface area contributed by atoms with Gasteiger partial charge >= 0.3 is 6.03 Å². The van der Waals surface area contributed by atoms with E-state index in [1.54, 1.807) is 23.1 Å². The molecule has 4 N–H and O–H groups in total. The molecule has 0 unspecified atom stereocenters. The average molecular weight is 375 g/mol. The van der Waals surface area contributed by atoms with Gasteiger partial charge in [0.15, 0.2) is 0 Å². The highest BCUT2D eigenvalue weighted by Gasteiger charge is 2.26. The molecule has 3 amide bonds. The summed E-state index contributed by atoms with van der Waals surface area (Å²) in [6.07, 6.45) is 0.787. The van der Waals surface area contributed by atoms with Crippen molar-refractivity contribution in [3.05, 3.63) is 28.8 Å². The van der Waals surface area contributed by atoms with Gasteiger partial charge in [-0.3, -0.25) is 4.79 Å². The van der Waals surface area contributed by atoms with Gasteiger partial charge < -0.3 is 21.3 Å². The van der Waals surface area contributed by atoms with Crippen LogP contribution in [0.25, 0.3) is 0 Å². The highest BCUT2D eigenvalue weighted by atomic mass is 35.5. The van der Waals surface area contributed by atoms with Gasteiger partial charge in [0.2, 0.25) is 0 Å². The molecule has 8 heteroatoms. The molecule has 1 atom stereocenters. The number of halogens is 2. The van der Waals surface area contributed by atoms with Crippen LogP contribution in [0.4, 0.5) is 10.5 Å². The van der Waals surface area contributed by atoms with Crippen molar-refractivity contribution in [1.29, 1.82) is 0 Å². The number of nitrogens with one attached hydrogen (secondary N) is 2. The van der Waals surface area contributed by atoms with E-state index in [0.717, 1.165) is 6.42 Å². The maximum Gasteiger partial charge on any atom is 0.319 e. The third-order valence-electron chi connectivity index (χ3n) is 3.46. The van der Waals surface area contributed by atoms with Crippen molar-refractivity contribution in [2.45, 2.75) is 38.8 Å². The summed E-state index contributed by atoms with van der Waals surface area (Å²) in [6, 6.07) is 4.55. The van der Waals surface area contributed by atoms with Crippen molar-refractivity contribution in [3.63, 3.8) is 0 Å². The van der Waals surface area contributed by atoms with Crippen LogP contribution in [0.2, 0.25) is 5.02 Å². The number of hydrogen-bond acceptors (Lipinski definition) is 3. The molecule has 1 heterocycles. The van der Waals surface area contributed by atoms with Gasteiger partial charge in [-0.25, -0.2) is 4.79 Å². The largest absolute Gasteiger partial charge is 0.337 e. The Morgan fingerprint density at radius 2 is 2.00 bits per heavy atom. The number of anilines is 1. The van der Waals surface area contributed by atoms with Crippen molar-refractivity contribution in [1.82, 2.24) is 10.2 Å². The second kappa shape index (κ2) is 8.05. The van der Waals surface area contributed by atoms with Crippen molar-refractivity contribution in [2.24, 2.45) is 5.73 Å². The molecule has 1 aromatic carbocycles. The number of carbonyl (C=O) groups excluding carboxylic acids is 2. The standard InChI is InChI=1S/C16H23ClN4O2.ClH/c1-16(2,3)20-15(23)19-11-4-5-13(17)12(8-11)14(22)21-7-6-10(18)9-21;/h4-5,8,10H,6-7,9,18H2,1-3H3,(H2,19,20,23);1H/t10-;/m1./s1. The molecule has 1 aromatic rings. The first-order valence-electron chi connectivity index (χ1n) is 7.59. The Kier molecular flexibility index (Phi) is 6.89. The second-order valence-electron chi connectivity index (χ2n) is 6.82. The Bertz CT molecular complexity index is 617. The normalized spacial score (nSPS) is 17.2. The van der Waals surface area contributed by atoms with Crippen LogP contribution in [-0.2, 0) is 0 Å². The molecule has 0 aromatic heterocycles. The van der Waals surface area contributed by atoms with Crippen LogP contribution in [0.5, 0.6) is 0 Å². The summed E-state index contributed by atoms with van der Waals surface area (Å²) in [5.41, 5.74) is 6.38. The molecule has 6 nitrogen and oxygen atoms in total. The predicted molar refractivity (Wildman–Crippen MR) is 99.1 cm³/mol. The first kappa shape index (κ1) is 20.5. The molecule has 1 aliphatic rings. The fourth-order valence-corrected chi connectivity index (χ4v) is 2.61. The number of urea groups is 1. The van der Waals surface area contributed by atoms with Gasteiger partial charge in [-0.05, 0) is 45.4 Å². The fourth-order valence-electron chi connectivity index (χ4n) is 2.41. The minimum atomic E-state index is -0.346. The molecule has 1 saturated heterocycles. The zero-order valence-corrected chi connectivity index (χ0v) is 15.6. The maximum atomic E-state index is 12.5. The highest BCUT2D eigenvalue weighted by molar-refractivity contribution is 6.34. The summed E-state index contributed by atoms with van der Waals surface area (Å²) in [4.78, 5) is 26.1. The van der Waals surface area contributed by atoms with Gasteiger partial charge in [0.25, 0.3) is 5.91 Å². The number of rotatable bonds is 2. The topological polar surface area (TPSA) is 87.5 Å². The zero-order chi connectivity index (χ0) is 17.2. The number of benzene rings is 1. The summed E-state index contributed by atoms with van der Waals surface area (Å²) in [7, 11) is 0. The van der Waals surface area contributed by atoms with E-state index in [-0.39, 0.29) is 35.9 Å². The Labute approximate surface area is 153 Å². The third-order valence-corrected chi connectivity index (χ3v) is 3.78. The molecule has 0 saturated carbocycles. The second-order valence-corrected chi connectivity index (χ2v) is 7.23. The third kappa shape index (κ3) is 5.54. The molecular weight excluding hydrogens is 351 g/mol. The Balaban J connectivity index is 0.00000288. The molecule has 2 rings (SSSR count). The van der Waals surface area contributed by atoms with E-state index in [1.807, 2.05) is 20.8 Å². The first-order valence-corrected chi connectivity index (χ1v) is 7.97. The number of nitrogens with two attached hydrogens (primary N) is 1. The summed E-state index contributed by atoms with van der Waals surface area (Å²) in [5.74, 6) is -0.164. The van der Waals surface area contributed by atoms with E-state index in [2.05, 4.69) is 10.6 Å². The van der Waals surface area contributed by atoms with Gasteiger partial charge in [0.1, 0.15) is 0 Å². The van der Waals surface area contributed by atoms with E-state index >= 15 is 0 Å². The van der Waals surface area contributed by atoms with Crippen molar-refractivity contribution >= 4 is 41.6 Å². The van der Waals surface area contributed by atoms with E-state index in [4.69, 9.17) is 17.3 Å². The van der Waals surface area contributed by atoms with Crippen molar-refractivity contribution < 1.29 is 9.59 Å². The molecule has 0 spiro atoms. The van der Waals surface area contributed by atoms with Gasteiger partial charge in [0.05, 0.1) is 10.6 Å². The van der Waals surface area contributed by atoms with Crippen LogP contribution < -0.4 is 16.4 Å². The molecule has 0 bridgehead atoms. The molecule has 134 valence electrons. The minimum Gasteiger partial charge on any atom is -0.337 e. The molecule has 24 heavy (non-hydrogen) atoms. The van der Waals surface area contributed by atoms with E-state index in [1.165, 1.54) is 0 Å². The van der Waals surface area contributed by atoms with Crippen LogP contribution >= 0.6 is 24.0 Å². The quantitative estimate of drug-likeness (QED) is 0.743. The van der Waals surface area contributed by atoms with E-state index in [9.17, 15) is 9.59 Å². The molecule has 1 aliphatic heterocycles. The maximum absolute atomic E-state index is 12.5. The van der Waals surface area contributed by atoms with Gasteiger partial charge in [-0.2, -0.15) is 0 Å². The first-order chi connectivity index (χ1) is 10.7. The molecule has 0 aliphatic carbocycles. The monoisotopic (exact) mass is 374 g/mol. The van der Waals surface area contributed by atoms with Crippen LogP contribution in [-0.4, -0.2) is 41.5 Å².